The van der Waals surface area contributed by atoms with Gasteiger partial charge < -0.3 is 5.73 Å². The fraction of sp³-hybridized carbons (Fsp3) is 0.778. The van der Waals surface area contributed by atoms with Crippen LogP contribution in [0.15, 0.2) is 6.20 Å². The largest absolute Gasteiger partial charge is 0.329 e. The van der Waals surface area contributed by atoms with Crippen LogP contribution in [0, 0.1) is 11.8 Å². The summed E-state index contributed by atoms with van der Waals surface area (Å²) in [4.78, 5) is 14.8. The summed E-state index contributed by atoms with van der Waals surface area (Å²) < 4.78 is 2.21. The first-order chi connectivity index (χ1) is 12.2. The summed E-state index contributed by atoms with van der Waals surface area (Å²) in [5.74, 6) is 1.09. The third-order valence-electron chi connectivity index (χ3n) is 6.82. The van der Waals surface area contributed by atoms with Crippen LogP contribution in [0.25, 0.3) is 0 Å². The number of nitrogens with two attached hydrogens (primary N) is 1. The minimum Gasteiger partial charge on any atom is -0.329 e. The Morgan fingerprint density at radius 1 is 1.24 bits per heavy atom. The lowest BCUT2D eigenvalue weighted by Gasteiger charge is -2.43. The third kappa shape index (κ3) is 2.69. The Morgan fingerprint density at radius 2 is 2.12 bits per heavy atom. The van der Waals surface area contributed by atoms with E-state index in [1.807, 2.05) is 0 Å². The molecule has 25 heavy (non-hydrogen) atoms. The fourth-order valence-electron chi connectivity index (χ4n) is 5.23. The number of fused-ring (bicyclic) bond motifs is 2. The number of aromatic nitrogens is 2. The van der Waals surface area contributed by atoms with E-state index in [0.717, 1.165) is 44.9 Å². The molecule has 1 amide bonds. The van der Waals surface area contributed by atoms with Crippen LogP contribution in [0.4, 0.5) is 0 Å². The SMILES string of the molecule is NCC1NNC(=O)C2CCC(c3cnn4c3CN(C3CC3)CC4)CC12. The van der Waals surface area contributed by atoms with Crippen molar-refractivity contribution in [1.29, 1.82) is 0 Å². The molecule has 0 spiro atoms. The van der Waals surface area contributed by atoms with E-state index in [1.165, 1.54) is 24.1 Å². The Labute approximate surface area is 148 Å². The highest BCUT2D eigenvalue weighted by molar-refractivity contribution is 5.79. The van der Waals surface area contributed by atoms with E-state index in [1.54, 1.807) is 0 Å². The predicted molar refractivity (Wildman–Crippen MR) is 93.4 cm³/mol. The molecule has 4 unspecified atom stereocenters. The minimum atomic E-state index is 0.111. The molecule has 2 saturated carbocycles. The Bertz CT molecular complexity index is 669. The Hall–Kier alpha value is -1.44. The second kappa shape index (κ2) is 6.07. The maximum Gasteiger partial charge on any atom is 0.237 e. The maximum absolute atomic E-state index is 12.2. The van der Waals surface area contributed by atoms with Gasteiger partial charge in [-0.25, -0.2) is 5.43 Å². The zero-order chi connectivity index (χ0) is 17.0. The number of amides is 1. The molecule has 136 valence electrons. The average molecular weight is 344 g/mol. The summed E-state index contributed by atoms with van der Waals surface area (Å²) in [6.45, 7) is 3.76. The molecule has 3 heterocycles. The molecule has 1 saturated heterocycles. The average Bonchev–Trinajstić information content (AvgIpc) is 3.41. The standard InChI is InChI=1S/C18H28N6O/c19-8-16-14-7-11(1-4-13(14)18(25)22-21-16)15-9-20-24-6-5-23(10-17(15)24)12-2-3-12/h9,11-14,16,21H,1-8,10,19H2,(H,22,25). The van der Waals surface area contributed by atoms with Crippen LogP contribution in [0.5, 0.6) is 0 Å². The maximum atomic E-state index is 12.2. The number of rotatable bonds is 3. The quantitative estimate of drug-likeness (QED) is 0.735. The van der Waals surface area contributed by atoms with Gasteiger partial charge in [0, 0.05) is 37.6 Å². The van der Waals surface area contributed by atoms with Crippen LogP contribution in [0.1, 0.15) is 49.3 Å². The molecule has 0 bridgehead atoms. The summed E-state index contributed by atoms with van der Waals surface area (Å²) in [6.07, 6.45) is 7.88. The monoisotopic (exact) mass is 344 g/mol. The summed E-state index contributed by atoms with van der Waals surface area (Å²) in [5.41, 5.74) is 14.7. The van der Waals surface area contributed by atoms with Crippen molar-refractivity contribution >= 4 is 5.91 Å². The molecular weight excluding hydrogens is 316 g/mol. The number of hydrazine groups is 1. The number of nitrogens with one attached hydrogen (secondary N) is 2. The van der Waals surface area contributed by atoms with Gasteiger partial charge in [0.25, 0.3) is 0 Å². The van der Waals surface area contributed by atoms with Gasteiger partial charge >= 0.3 is 0 Å². The highest BCUT2D eigenvalue weighted by Gasteiger charge is 2.43. The van der Waals surface area contributed by atoms with E-state index in [9.17, 15) is 4.79 Å². The van der Waals surface area contributed by atoms with Crippen molar-refractivity contribution in [2.24, 2.45) is 17.6 Å². The lowest BCUT2D eigenvalue weighted by atomic mass is 9.68. The molecule has 1 aromatic heterocycles. The molecular formula is C18H28N6O. The second-order valence-corrected chi connectivity index (χ2v) is 8.23. The summed E-state index contributed by atoms with van der Waals surface area (Å²) in [5, 5.41) is 4.67. The molecule has 2 aliphatic carbocycles. The van der Waals surface area contributed by atoms with E-state index in [-0.39, 0.29) is 17.9 Å². The normalized spacial score (nSPS) is 35.8. The predicted octanol–water partition coefficient (Wildman–Crippen LogP) is 0.323. The van der Waals surface area contributed by atoms with Gasteiger partial charge in [0.15, 0.2) is 0 Å². The molecule has 2 aliphatic heterocycles. The van der Waals surface area contributed by atoms with Crippen molar-refractivity contribution in [2.75, 3.05) is 13.1 Å². The number of hydrogen-bond acceptors (Lipinski definition) is 5. The minimum absolute atomic E-state index is 0.111. The lowest BCUT2D eigenvalue weighted by Crippen LogP contribution is -2.62. The summed E-state index contributed by atoms with van der Waals surface area (Å²) in [6, 6.07) is 0.986. The Morgan fingerprint density at radius 3 is 2.92 bits per heavy atom. The molecule has 7 nitrogen and oxygen atoms in total. The van der Waals surface area contributed by atoms with E-state index >= 15 is 0 Å². The summed E-state index contributed by atoms with van der Waals surface area (Å²) in [7, 11) is 0. The Kier molecular flexibility index (Phi) is 3.83. The zero-order valence-corrected chi connectivity index (χ0v) is 14.7. The van der Waals surface area contributed by atoms with Crippen LogP contribution in [0.3, 0.4) is 0 Å². The second-order valence-electron chi connectivity index (χ2n) is 8.23. The molecule has 0 aromatic carbocycles. The van der Waals surface area contributed by atoms with E-state index < -0.39 is 0 Å². The van der Waals surface area contributed by atoms with Gasteiger partial charge in [0.1, 0.15) is 0 Å². The van der Waals surface area contributed by atoms with Gasteiger partial charge in [-0.3, -0.25) is 19.8 Å². The van der Waals surface area contributed by atoms with Crippen LogP contribution in [0.2, 0.25) is 0 Å². The van der Waals surface area contributed by atoms with Crippen LogP contribution in [-0.4, -0.2) is 45.8 Å². The molecule has 3 fully saturated rings. The molecule has 4 N–H and O–H groups in total. The van der Waals surface area contributed by atoms with Crippen molar-refractivity contribution in [3.8, 4) is 0 Å². The third-order valence-corrected chi connectivity index (χ3v) is 6.82. The van der Waals surface area contributed by atoms with Crippen molar-refractivity contribution in [3.05, 3.63) is 17.5 Å². The molecule has 4 atom stereocenters. The van der Waals surface area contributed by atoms with E-state index in [2.05, 4.69) is 31.7 Å². The van der Waals surface area contributed by atoms with Gasteiger partial charge in [-0.15, -0.1) is 0 Å². The lowest BCUT2D eigenvalue weighted by molar-refractivity contribution is -0.133. The molecule has 5 rings (SSSR count). The van der Waals surface area contributed by atoms with Gasteiger partial charge in [-0.05, 0) is 49.5 Å². The zero-order valence-electron chi connectivity index (χ0n) is 14.7. The molecule has 1 aromatic rings. The topological polar surface area (TPSA) is 88.2 Å². The van der Waals surface area contributed by atoms with Crippen molar-refractivity contribution < 1.29 is 4.79 Å². The van der Waals surface area contributed by atoms with E-state index in [4.69, 9.17) is 5.73 Å². The highest BCUT2D eigenvalue weighted by atomic mass is 16.2. The van der Waals surface area contributed by atoms with Gasteiger partial charge in [0.05, 0.1) is 18.4 Å². The number of carbonyl (C=O) groups is 1. The fourth-order valence-corrected chi connectivity index (χ4v) is 5.23. The number of carbonyl (C=O) groups excluding carboxylic acids is 1. The molecule has 4 aliphatic rings. The molecule has 0 radical (unpaired) electrons. The first kappa shape index (κ1) is 15.8. The van der Waals surface area contributed by atoms with Crippen LogP contribution < -0.4 is 16.6 Å². The van der Waals surface area contributed by atoms with Crippen molar-refractivity contribution in [1.82, 2.24) is 25.5 Å². The first-order valence-electron chi connectivity index (χ1n) is 9.78. The van der Waals surface area contributed by atoms with Crippen molar-refractivity contribution in [3.63, 3.8) is 0 Å². The summed E-state index contributed by atoms with van der Waals surface area (Å²) >= 11 is 0. The van der Waals surface area contributed by atoms with Gasteiger partial charge in [-0.1, -0.05) is 0 Å². The molecule has 7 heteroatoms. The van der Waals surface area contributed by atoms with Crippen LogP contribution >= 0.6 is 0 Å². The Balaban J connectivity index is 1.38. The smallest absolute Gasteiger partial charge is 0.237 e. The van der Waals surface area contributed by atoms with Gasteiger partial charge in [-0.2, -0.15) is 5.10 Å². The highest BCUT2D eigenvalue weighted by Crippen LogP contribution is 2.43. The first-order valence-corrected chi connectivity index (χ1v) is 9.78. The van der Waals surface area contributed by atoms with Crippen molar-refractivity contribution in [2.45, 2.75) is 63.2 Å². The number of hydrogen-bond donors (Lipinski definition) is 3. The van der Waals surface area contributed by atoms with E-state index in [0.29, 0.717) is 18.4 Å². The number of nitrogens with zero attached hydrogens (tertiary/aromatic N) is 3. The van der Waals surface area contributed by atoms with Crippen LogP contribution in [-0.2, 0) is 17.9 Å². The van der Waals surface area contributed by atoms with Gasteiger partial charge in [0.2, 0.25) is 5.91 Å².